The van der Waals surface area contributed by atoms with Crippen LogP contribution in [0.15, 0.2) is 47.4 Å². The van der Waals surface area contributed by atoms with Gasteiger partial charge in [0.05, 0.1) is 7.11 Å². The van der Waals surface area contributed by atoms with Crippen LogP contribution in [-0.2, 0) is 10.0 Å². The normalized spacial score (nSPS) is 16.4. The molecule has 1 N–H and O–H groups in total. The van der Waals surface area contributed by atoms with E-state index in [4.69, 9.17) is 4.74 Å². The molecule has 3 rings (SSSR count). The minimum Gasteiger partial charge on any atom is -0.495 e. The number of ether oxygens (including phenoxy) is 1. The molecule has 146 valence electrons. The lowest BCUT2D eigenvalue weighted by atomic mass is 10.1. The molecule has 1 aliphatic rings. The SMILES string of the molecule is COc1ccc(C)cc1S(=O)(=O)NCC(c1ccc(F)cc1)N1CCCC1. The third kappa shape index (κ3) is 4.66. The first-order valence-electron chi connectivity index (χ1n) is 9.04. The van der Waals surface area contributed by atoms with E-state index < -0.39 is 10.0 Å². The van der Waals surface area contributed by atoms with Gasteiger partial charge in [-0.3, -0.25) is 4.90 Å². The molecule has 1 atom stereocenters. The van der Waals surface area contributed by atoms with E-state index in [1.165, 1.54) is 19.2 Å². The molecule has 5 nitrogen and oxygen atoms in total. The Balaban J connectivity index is 1.84. The summed E-state index contributed by atoms with van der Waals surface area (Å²) in [5.74, 6) is 0.0107. The van der Waals surface area contributed by atoms with Crippen molar-refractivity contribution in [1.29, 1.82) is 0 Å². The summed E-state index contributed by atoms with van der Waals surface area (Å²) < 4.78 is 47.0. The van der Waals surface area contributed by atoms with Gasteiger partial charge in [-0.15, -0.1) is 0 Å². The Bertz CT molecular complexity index is 879. The summed E-state index contributed by atoms with van der Waals surface area (Å²) in [5, 5.41) is 0. The highest BCUT2D eigenvalue weighted by Gasteiger charge is 2.27. The fraction of sp³-hybridized carbons (Fsp3) is 0.400. The predicted molar refractivity (Wildman–Crippen MR) is 103 cm³/mol. The largest absolute Gasteiger partial charge is 0.495 e. The van der Waals surface area contributed by atoms with Crippen molar-refractivity contribution in [3.05, 3.63) is 59.4 Å². The zero-order valence-corrected chi connectivity index (χ0v) is 16.4. The van der Waals surface area contributed by atoms with Crippen molar-refractivity contribution in [2.45, 2.75) is 30.7 Å². The number of aryl methyl sites for hydroxylation is 1. The number of rotatable bonds is 7. The van der Waals surface area contributed by atoms with Crippen LogP contribution in [0, 0.1) is 12.7 Å². The summed E-state index contributed by atoms with van der Waals surface area (Å²) in [5.41, 5.74) is 1.74. The first kappa shape index (κ1) is 19.8. The maximum absolute atomic E-state index is 13.3. The minimum absolute atomic E-state index is 0.129. The lowest BCUT2D eigenvalue weighted by Gasteiger charge is -2.28. The Morgan fingerprint density at radius 2 is 1.81 bits per heavy atom. The van der Waals surface area contributed by atoms with Crippen LogP contribution in [0.3, 0.4) is 0 Å². The van der Waals surface area contributed by atoms with E-state index in [0.717, 1.165) is 37.1 Å². The molecule has 0 amide bonds. The molecule has 1 unspecified atom stereocenters. The summed E-state index contributed by atoms with van der Waals surface area (Å²) in [4.78, 5) is 2.37. The molecule has 0 aliphatic carbocycles. The predicted octanol–water partition coefficient (Wildman–Crippen LogP) is 3.26. The van der Waals surface area contributed by atoms with Crippen LogP contribution < -0.4 is 9.46 Å². The highest BCUT2D eigenvalue weighted by molar-refractivity contribution is 7.89. The number of benzene rings is 2. The van der Waals surface area contributed by atoms with Gasteiger partial charge in [-0.05, 0) is 68.2 Å². The van der Waals surface area contributed by atoms with Gasteiger partial charge in [0.15, 0.2) is 0 Å². The van der Waals surface area contributed by atoms with Crippen molar-refractivity contribution in [3.8, 4) is 5.75 Å². The second kappa shape index (κ2) is 8.37. The number of hydrogen-bond acceptors (Lipinski definition) is 4. The third-order valence-corrected chi connectivity index (χ3v) is 6.36. The summed E-state index contributed by atoms with van der Waals surface area (Å²) in [6.45, 7) is 3.85. The maximum Gasteiger partial charge on any atom is 0.244 e. The van der Waals surface area contributed by atoms with E-state index in [1.807, 2.05) is 13.0 Å². The van der Waals surface area contributed by atoms with Crippen LogP contribution in [0.5, 0.6) is 5.75 Å². The first-order valence-corrected chi connectivity index (χ1v) is 10.5. The van der Waals surface area contributed by atoms with E-state index in [9.17, 15) is 12.8 Å². The molecule has 27 heavy (non-hydrogen) atoms. The number of methoxy groups -OCH3 is 1. The van der Waals surface area contributed by atoms with E-state index in [-0.39, 0.29) is 23.3 Å². The number of nitrogens with zero attached hydrogens (tertiary/aromatic N) is 1. The quantitative estimate of drug-likeness (QED) is 0.786. The number of halogens is 1. The van der Waals surface area contributed by atoms with Crippen LogP contribution in [-0.4, -0.2) is 40.1 Å². The van der Waals surface area contributed by atoms with Gasteiger partial charge < -0.3 is 4.74 Å². The molecule has 2 aromatic rings. The molecular formula is C20H25FN2O3S. The van der Waals surface area contributed by atoms with Gasteiger partial charge in [0, 0.05) is 12.6 Å². The Morgan fingerprint density at radius 3 is 2.44 bits per heavy atom. The van der Waals surface area contributed by atoms with Gasteiger partial charge in [-0.1, -0.05) is 18.2 Å². The Kier molecular flexibility index (Phi) is 6.14. The molecule has 7 heteroatoms. The van der Waals surface area contributed by atoms with Crippen molar-refractivity contribution in [2.24, 2.45) is 0 Å². The summed E-state index contributed by atoms with van der Waals surface area (Å²) in [6.07, 6.45) is 2.16. The van der Waals surface area contributed by atoms with E-state index in [0.29, 0.717) is 5.75 Å². The molecular weight excluding hydrogens is 367 g/mol. The standard InChI is InChI=1S/C20H25FN2O3S/c1-15-5-10-19(26-2)20(13-15)27(24,25)22-14-18(23-11-3-4-12-23)16-6-8-17(21)9-7-16/h5-10,13,18,22H,3-4,11-12,14H2,1-2H3. The summed E-state index contributed by atoms with van der Waals surface area (Å²) in [7, 11) is -2.29. The maximum atomic E-state index is 13.3. The highest BCUT2D eigenvalue weighted by Crippen LogP contribution is 2.27. The molecule has 0 radical (unpaired) electrons. The van der Waals surface area contributed by atoms with Crippen molar-refractivity contribution in [3.63, 3.8) is 0 Å². The Morgan fingerprint density at radius 1 is 1.15 bits per heavy atom. The highest BCUT2D eigenvalue weighted by atomic mass is 32.2. The van der Waals surface area contributed by atoms with Crippen LogP contribution in [0.2, 0.25) is 0 Å². The monoisotopic (exact) mass is 392 g/mol. The van der Waals surface area contributed by atoms with Gasteiger partial charge in [-0.25, -0.2) is 17.5 Å². The second-order valence-corrected chi connectivity index (χ2v) is 8.55. The van der Waals surface area contributed by atoms with Crippen LogP contribution in [0.25, 0.3) is 0 Å². The van der Waals surface area contributed by atoms with Crippen molar-refractivity contribution >= 4 is 10.0 Å². The molecule has 1 aliphatic heterocycles. The lowest BCUT2D eigenvalue weighted by molar-refractivity contribution is 0.246. The number of hydrogen-bond donors (Lipinski definition) is 1. The van der Waals surface area contributed by atoms with Crippen molar-refractivity contribution in [2.75, 3.05) is 26.7 Å². The molecule has 0 aromatic heterocycles. The summed E-state index contributed by atoms with van der Waals surface area (Å²) in [6, 6.07) is 11.2. The number of sulfonamides is 1. The minimum atomic E-state index is -3.74. The second-order valence-electron chi connectivity index (χ2n) is 6.82. The average Bonchev–Trinajstić information content (AvgIpc) is 3.17. The fourth-order valence-corrected chi connectivity index (χ4v) is 4.75. The third-order valence-electron chi connectivity index (χ3n) is 4.91. The van der Waals surface area contributed by atoms with Gasteiger partial charge >= 0.3 is 0 Å². The van der Waals surface area contributed by atoms with Gasteiger partial charge in [0.25, 0.3) is 0 Å². The van der Waals surface area contributed by atoms with Gasteiger partial charge in [0.1, 0.15) is 16.5 Å². The van der Waals surface area contributed by atoms with E-state index in [1.54, 1.807) is 24.3 Å². The van der Waals surface area contributed by atoms with Gasteiger partial charge in [-0.2, -0.15) is 0 Å². The Labute approximate surface area is 160 Å². The molecule has 0 spiro atoms. The number of likely N-dealkylation sites (tertiary alicyclic amines) is 1. The lowest BCUT2D eigenvalue weighted by Crippen LogP contribution is -2.37. The van der Waals surface area contributed by atoms with E-state index in [2.05, 4.69) is 9.62 Å². The average molecular weight is 392 g/mol. The van der Waals surface area contributed by atoms with E-state index >= 15 is 0 Å². The zero-order chi connectivity index (χ0) is 19.4. The smallest absolute Gasteiger partial charge is 0.244 e. The number of nitrogens with one attached hydrogen (secondary N) is 1. The van der Waals surface area contributed by atoms with Crippen molar-refractivity contribution in [1.82, 2.24) is 9.62 Å². The molecule has 1 saturated heterocycles. The molecule has 1 heterocycles. The Hall–Kier alpha value is -1.96. The molecule has 1 fully saturated rings. The molecule has 2 aromatic carbocycles. The first-order chi connectivity index (χ1) is 12.9. The van der Waals surface area contributed by atoms with Crippen LogP contribution in [0.1, 0.15) is 30.0 Å². The van der Waals surface area contributed by atoms with Crippen molar-refractivity contribution < 1.29 is 17.5 Å². The molecule has 0 bridgehead atoms. The van der Waals surface area contributed by atoms with Gasteiger partial charge in [0.2, 0.25) is 10.0 Å². The zero-order valence-electron chi connectivity index (χ0n) is 15.6. The fourth-order valence-electron chi connectivity index (χ4n) is 3.46. The van der Waals surface area contributed by atoms with Crippen LogP contribution in [0.4, 0.5) is 4.39 Å². The van der Waals surface area contributed by atoms with Crippen LogP contribution >= 0.6 is 0 Å². The topological polar surface area (TPSA) is 58.6 Å². The molecule has 0 saturated carbocycles. The summed E-state index contributed by atoms with van der Waals surface area (Å²) >= 11 is 0.